The van der Waals surface area contributed by atoms with Crippen LogP contribution in [0.5, 0.6) is 0 Å². The van der Waals surface area contributed by atoms with Gasteiger partial charge < -0.3 is 4.98 Å². The minimum atomic E-state index is -0.0689. The number of fused-ring (bicyclic) bond motifs is 1. The van der Waals surface area contributed by atoms with Crippen molar-refractivity contribution in [1.82, 2.24) is 14.4 Å². The number of H-pyrrole nitrogens is 1. The Kier molecular flexibility index (Phi) is 2.74. The molecule has 4 heteroatoms. The van der Waals surface area contributed by atoms with E-state index < -0.39 is 0 Å². The van der Waals surface area contributed by atoms with E-state index in [0.29, 0.717) is 11.5 Å². The summed E-state index contributed by atoms with van der Waals surface area (Å²) in [5.41, 5.74) is 2.51. The molecule has 0 saturated carbocycles. The van der Waals surface area contributed by atoms with E-state index >= 15 is 0 Å². The number of hydrogen-bond acceptors (Lipinski definition) is 2. The molecule has 3 aromatic rings. The first kappa shape index (κ1) is 12.7. The first-order valence-electron chi connectivity index (χ1n) is 6.63. The van der Waals surface area contributed by atoms with Gasteiger partial charge in [-0.3, -0.25) is 9.20 Å². The van der Waals surface area contributed by atoms with Crippen molar-refractivity contribution in [2.24, 2.45) is 0 Å². The van der Waals surface area contributed by atoms with Crippen LogP contribution in [0.3, 0.4) is 0 Å². The molecule has 0 atom stereocenters. The molecule has 0 radical (unpaired) electrons. The number of aromatic amines is 1. The Morgan fingerprint density at radius 2 is 1.85 bits per heavy atom. The number of hydrogen-bond donors (Lipinski definition) is 1. The van der Waals surface area contributed by atoms with Crippen molar-refractivity contribution >= 4 is 5.78 Å². The zero-order valence-electron chi connectivity index (χ0n) is 11.8. The van der Waals surface area contributed by atoms with Crippen molar-refractivity contribution < 1.29 is 0 Å². The molecule has 0 fully saturated rings. The molecule has 1 N–H and O–H groups in total. The predicted molar refractivity (Wildman–Crippen MR) is 79.9 cm³/mol. The lowest BCUT2D eigenvalue weighted by Crippen LogP contribution is -2.13. The summed E-state index contributed by atoms with van der Waals surface area (Å²) in [6.45, 7) is 6.29. The normalized spacial score (nSPS) is 11.9. The number of nitrogens with zero attached hydrogens (tertiary/aromatic N) is 2. The van der Waals surface area contributed by atoms with Gasteiger partial charge in [0.05, 0.1) is 5.69 Å². The van der Waals surface area contributed by atoms with Crippen molar-refractivity contribution in [3.63, 3.8) is 0 Å². The lowest BCUT2D eigenvalue weighted by molar-refractivity contribution is 0.573. The first-order chi connectivity index (χ1) is 9.45. The van der Waals surface area contributed by atoms with Gasteiger partial charge >= 0.3 is 0 Å². The van der Waals surface area contributed by atoms with E-state index in [-0.39, 0.29) is 11.0 Å². The van der Waals surface area contributed by atoms with Crippen LogP contribution < -0.4 is 5.56 Å². The zero-order valence-corrected chi connectivity index (χ0v) is 11.8. The minimum Gasteiger partial charge on any atom is -0.327 e. The highest BCUT2D eigenvalue weighted by Gasteiger charge is 2.17. The fourth-order valence-electron chi connectivity index (χ4n) is 2.12. The Balaban J connectivity index is 2.22. The van der Waals surface area contributed by atoms with Crippen LogP contribution in [0.4, 0.5) is 0 Å². The van der Waals surface area contributed by atoms with Gasteiger partial charge in [0, 0.05) is 28.9 Å². The average molecular weight is 267 g/mol. The predicted octanol–water partition coefficient (Wildman–Crippen LogP) is 2.99. The van der Waals surface area contributed by atoms with Gasteiger partial charge in [0.15, 0.2) is 0 Å². The van der Waals surface area contributed by atoms with E-state index in [9.17, 15) is 4.79 Å². The van der Waals surface area contributed by atoms with Crippen molar-refractivity contribution in [2.45, 2.75) is 26.2 Å². The molecule has 0 aliphatic rings. The second-order valence-electron chi connectivity index (χ2n) is 5.96. The lowest BCUT2D eigenvalue weighted by atomic mass is 9.93. The minimum absolute atomic E-state index is 0.0486. The maximum atomic E-state index is 12.2. The van der Waals surface area contributed by atoms with Crippen molar-refractivity contribution in [3.8, 4) is 11.3 Å². The lowest BCUT2D eigenvalue weighted by Gasteiger charge is -2.14. The van der Waals surface area contributed by atoms with E-state index in [4.69, 9.17) is 0 Å². The van der Waals surface area contributed by atoms with Crippen LogP contribution in [0.1, 0.15) is 26.5 Å². The van der Waals surface area contributed by atoms with Gasteiger partial charge in [-0.2, -0.15) is 0 Å². The first-order valence-corrected chi connectivity index (χ1v) is 6.63. The smallest absolute Gasteiger partial charge is 0.259 e. The monoisotopic (exact) mass is 267 g/mol. The molecular formula is C16H17N3O. The quantitative estimate of drug-likeness (QED) is 0.737. The van der Waals surface area contributed by atoms with Crippen molar-refractivity contribution in [3.05, 3.63) is 58.6 Å². The number of nitrogens with one attached hydrogen (secondary N) is 1. The molecule has 2 heterocycles. The fraction of sp³-hybridized carbons (Fsp3) is 0.250. The van der Waals surface area contributed by atoms with Crippen LogP contribution in [-0.4, -0.2) is 14.4 Å². The third-order valence-electron chi connectivity index (χ3n) is 3.33. The zero-order chi connectivity index (χ0) is 14.3. The molecule has 20 heavy (non-hydrogen) atoms. The molecule has 102 valence electrons. The largest absolute Gasteiger partial charge is 0.327 e. The van der Waals surface area contributed by atoms with Gasteiger partial charge in [0.1, 0.15) is 0 Å². The van der Waals surface area contributed by atoms with Crippen LogP contribution in [0, 0.1) is 0 Å². The van der Waals surface area contributed by atoms with Crippen LogP contribution in [0.25, 0.3) is 17.0 Å². The van der Waals surface area contributed by atoms with Crippen molar-refractivity contribution in [2.75, 3.05) is 0 Å². The molecular weight excluding hydrogens is 250 g/mol. The summed E-state index contributed by atoms with van der Waals surface area (Å²) in [6.07, 6.45) is 1.83. The Hall–Kier alpha value is -2.36. The van der Waals surface area contributed by atoms with E-state index in [1.165, 1.54) is 0 Å². The van der Waals surface area contributed by atoms with E-state index in [2.05, 4.69) is 30.7 Å². The molecule has 4 nitrogen and oxygen atoms in total. The molecule has 0 aliphatic heterocycles. The molecule has 1 aromatic carbocycles. The highest BCUT2D eigenvalue weighted by Crippen LogP contribution is 2.21. The summed E-state index contributed by atoms with van der Waals surface area (Å²) in [5, 5.41) is 0. The second kappa shape index (κ2) is 4.34. The van der Waals surface area contributed by atoms with Crippen LogP contribution >= 0.6 is 0 Å². The standard InChI is InChI=1S/C16H17N3O/c1-16(2,3)13-10-19-14(20)9-12(17-15(19)18-13)11-7-5-4-6-8-11/h4-10H,1-3H3,(H,17,18). The molecule has 2 aromatic heterocycles. The summed E-state index contributed by atoms with van der Waals surface area (Å²) in [4.78, 5) is 20.0. The SMILES string of the molecule is CC(C)(C)c1cn2c(=O)cc(-c3ccccc3)nc2[nH]1. The Bertz CT molecular complexity index is 807. The number of imidazole rings is 1. The Labute approximate surface area is 117 Å². The highest BCUT2D eigenvalue weighted by atomic mass is 16.1. The molecule has 0 unspecified atom stereocenters. The number of benzene rings is 1. The van der Waals surface area contributed by atoms with Gasteiger partial charge in [-0.15, -0.1) is 0 Å². The number of aromatic nitrogens is 3. The molecule has 0 aliphatic carbocycles. The average Bonchev–Trinajstić information content (AvgIpc) is 2.84. The molecule has 0 bridgehead atoms. The topological polar surface area (TPSA) is 50.2 Å². The van der Waals surface area contributed by atoms with Gasteiger partial charge in [0.2, 0.25) is 5.78 Å². The number of rotatable bonds is 1. The Morgan fingerprint density at radius 1 is 1.15 bits per heavy atom. The summed E-state index contributed by atoms with van der Waals surface area (Å²) in [5.74, 6) is 0.585. The van der Waals surface area contributed by atoms with Gasteiger partial charge in [-0.25, -0.2) is 4.98 Å². The third-order valence-corrected chi connectivity index (χ3v) is 3.33. The summed E-state index contributed by atoms with van der Waals surface area (Å²) >= 11 is 0. The van der Waals surface area contributed by atoms with E-state index in [1.54, 1.807) is 10.5 Å². The summed E-state index contributed by atoms with van der Waals surface area (Å²) in [7, 11) is 0. The summed E-state index contributed by atoms with van der Waals surface area (Å²) in [6, 6.07) is 11.3. The maximum Gasteiger partial charge on any atom is 0.259 e. The molecule has 0 spiro atoms. The van der Waals surface area contributed by atoms with Crippen molar-refractivity contribution in [1.29, 1.82) is 0 Å². The van der Waals surface area contributed by atoms with Gasteiger partial charge in [0.25, 0.3) is 5.56 Å². The molecule has 0 saturated heterocycles. The summed E-state index contributed by atoms with van der Waals surface area (Å²) < 4.78 is 1.56. The van der Waals surface area contributed by atoms with Crippen LogP contribution in [-0.2, 0) is 5.41 Å². The van der Waals surface area contributed by atoms with Crippen LogP contribution in [0.2, 0.25) is 0 Å². The fourth-order valence-corrected chi connectivity index (χ4v) is 2.12. The van der Waals surface area contributed by atoms with Gasteiger partial charge in [-0.1, -0.05) is 51.1 Å². The maximum absolute atomic E-state index is 12.2. The Morgan fingerprint density at radius 3 is 2.50 bits per heavy atom. The molecule has 0 amide bonds. The van der Waals surface area contributed by atoms with E-state index in [0.717, 1.165) is 11.3 Å². The van der Waals surface area contributed by atoms with Crippen LogP contribution in [0.15, 0.2) is 47.4 Å². The van der Waals surface area contributed by atoms with Gasteiger partial charge in [-0.05, 0) is 0 Å². The van der Waals surface area contributed by atoms with E-state index in [1.807, 2.05) is 36.5 Å². The second-order valence-corrected chi connectivity index (χ2v) is 5.96. The highest BCUT2D eigenvalue weighted by molar-refractivity contribution is 5.60. The molecule has 3 rings (SSSR count). The third kappa shape index (κ3) is 2.13.